The number of thiophene rings is 1. The van der Waals surface area contributed by atoms with E-state index in [1.54, 1.807) is 0 Å². The van der Waals surface area contributed by atoms with E-state index in [2.05, 4.69) is 15.1 Å². The number of piperidine rings is 1. The minimum absolute atomic E-state index is 0.0753. The number of nitrogens with zero attached hydrogens (tertiary/aromatic N) is 2. The summed E-state index contributed by atoms with van der Waals surface area (Å²) in [5, 5.41) is 3.57. The van der Waals surface area contributed by atoms with E-state index in [0.717, 1.165) is 76.7 Å². The van der Waals surface area contributed by atoms with Gasteiger partial charge in [0, 0.05) is 23.9 Å². The van der Waals surface area contributed by atoms with E-state index >= 15 is 0 Å². The number of hydrogen-bond donors (Lipinski definition) is 2. The van der Waals surface area contributed by atoms with Gasteiger partial charge in [-0.2, -0.15) is 0 Å². The van der Waals surface area contributed by atoms with Crippen molar-refractivity contribution in [3.63, 3.8) is 0 Å². The first-order valence-corrected chi connectivity index (χ1v) is 12.6. The van der Waals surface area contributed by atoms with E-state index in [1.165, 1.54) is 29.1 Å². The van der Waals surface area contributed by atoms with Gasteiger partial charge in [0.15, 0.2) is 0 Å². The number of nitrogens with one attached hydrogen (secondary N) is 1. The summed E-state index contributed by atoms with van der Waals surface area (Å²) in [6.07, 6.45) is 9.11. The summed E-state index contributed by atoms with van der Waals surface area (Å²) in [6, 6.07) is -0.313. The molecule has 2 fully saturated rings. The number of aryl methyl sites for hydroxylation is 1. The molecule has 2 aliphatic heterocycles. The van der Waals surface area contributed by atoms with E-state index in [9.17, 15) is 14.4 Å². The molecule has 0 spiro atoms. The first-order chi connectivity index (χ1) is 15.0. The Hall–Kier alpha value is -1.93. The molecule has 31 heavy (non-hydrogen) atoms. The van der Waals surface area contributed by atoms with Gasteiger partial charge in [-0.3, -0.25) is 19.3 Å². The molecule has 0 saturated carbocycles. The van der Waals surface area contributed by atoms with E-state index < -0.39 is 5.91 Å². The maximum Gasteiger partial charge on any atom is 0.251 e. The summed E-state index contributed by atoms with van der Waals surface area (Å²) < 4.78 is 0. The van der Waals surface area contributed by atoms with Crippen LogP contribution in [0.3, 0.4) is 0 Å². The van der Waals surface area contributed by atoms with Crippen LogP contribution in [0.15, 0.2) is 0 Å². The second-order valence-corrected chi connectivity index (χ2v) is 10.2. The van der Waals surface area contributed by atoms with Crippen LogP contribution in [0, 0.1) is 5.92 Å². The number of carbonyl (C=O) groups is 3. The number of anilines is 1. The maximum atomic E-state index is 12.9. The molecule has 3 heterocycles. The lowest BCUT2D eigenvalue weighted by Crippen LogP contribution is -2.48. The Morgan fingerprint density at radius 3 is 2.32 bits per heavy atom. The molecule has 1 atom stereocenters. The van der Waals surface area contributed by atoms with Crippen LogP contribution in [0.4, 0.5) is 5.00 Å². The zero-order chi connectivity index (χ0) is 22.0. The fourth-order valence-electron chi connectivity index (χ4n) is 5.22. The van der Waals surface area contributed by atoms with Crippen molar-refractivity contribution in [3.8, 4) is 0 Å². The molecule has 0 unspecified atom stereocenters. The van der Waals surface area contributed by atoms with Crippen LogP contribution in [0.25, 0.3) is 0 Å². The molecule has 1 aromatic rings. The fraction of sp³-hybridized carbons (Fsp3) is 0.696. The Morgan fingerprint density at radius 1 is 1.00 bits per heavy atom. The highest BCUT2D eigenvalue weighted by Gasteiger charge is 2.33. The highest BCUT2D eigenvalue weighted by atomic mass is 32.1. The summed E-state index contributed by atoms with van der Waals surface area (Å²) in [7, 11) is 0. The van der Waals surface area contributed by atoms with Crippen LogP contribution in [-0.4, -0.2) is 59.7 Å². The van der Waals surface area contributed by atoms with Gasteiger partial charge in [-0.05, 0) is 70.5 Å². The first-order valence-electron chi connectivity index (χ1n) is 11.7. The minimum Gasteiger partial charge on any atom is -0.365 e. The number of likely N-dealkylation sites (tertiary alicyclic amines) is 2. The molecular formula is C23H34N4O3S. The van der Waals surface area contributed by atoms with Crippen molar-refractivity contribution >= 4 is 34.1 Å². The predicted molar refractivity (Wildman–Crippen MR) is 122 cm³/mol. The summed E-state index contributed by atoms with van der Waals surface area (Å²) >= 11 is 1.49. The minimum atomic E-state index is -0.463. The van der Waals surface area contributed by atoms with Gasteiger partial charge < -0.3 is 16.0 Å². The van der Waals surface area contributed by atoms with Gasteiger partial charge in [0.25, 0.3) is 5.91 Å². The predicted octanol–water partition coefficient (Wildman–Crippen LogP) is 2.78. The Balaban J connectivity index is 1.33. The lowest BCUT2D eigenvalue weighted by atomic mass is 9.94. The summed E-state index contributed by atoms with van der Waals surface area (Å²) in [4.78, 5) is 43.2. The quantitative estimate of drug-likeness (QED) is 0.727. The largest absolute Gasteiger partial charge is 0.365 e. The molecule has 8 heteroatoms. The highest BCUT2D eigenvalue weighted by molar-refractivity contribution is 7.17. The molecule has 0 radical (unpaired) electrons. The molecular weight excluding hydrogens is 412 g/mol. The van der Waals surface area contributed by atoms with Gasteiger partial charge in [0.1, 0.15) is 5.00 Å². The monoisotopic (exact) mass is 446 g/mol. The van der Waals surface area contributed by atoms with E-state index in [1.807, 2.05) is 6.92 Å². The SMILES string of the molecule is C[C@@H](C(=O)Nc1sc2c(c1C(N)=O)CCC2)N1CCC(C(=O)N2CCCCCC2)CC1. The normalized spacial score (nSPS) is 21.4. The third-order valence-corrected chi connectivity index (χ3v) is 8.34. The second-order valence-electron chi connectivity index (χ2n) is 9.14. The van der Waals surface area contributed by atoms with Crippen LogP contribution in [-0.2, 0) is 22.4 Å². The molecule has 170 valence electrons. The van der Waals surface area contributed by atoms with Gasteiger partial charge in [-0.1, -0.05) is 12.8 Å². The summed E-state index contributed by atoms with van der Waals surface area (Å²) in [6.45, 7) is 5.16. The van der Waals surface area contributed by atoms with E-state index in [4.69, 9.17) is 5.73 Å². The lowest BCUT2D eigenvalue weighted by molar-refractivity contribution is -0.137. The number of rotatable bonds is 5. The molecule has 3 amide bonds. The number of fused-ring (bicyclic) bond motifs is 1. The molecule has 7 nitrogen and oxygen atoms in total. The van der Waals surface area contributed by atoms with Crippen molar-refractivity contribution in [3.05, 3.63) is 16.0 Å². The molecule has 3 N–H and O–H groups in total. The average molecular weight is 447 g/mol. The van der Waals surface area contributed by atoms with Gasteiger partial charge in [0.2, 0.25) is 11.8 Å². The smallest absolute Gasteiger partial charge is 0.251 e. The second kappa shape index (κ2) is 9.69. The van der Waals surface area contributed by atoms with E-state index in [-0.39, 0.29) is 17.9 Å². The van der Waals surface area contributed by atoms with Crippen LogP contribution in [0.5, 0.6) is 0 Å². The third kappa shape index (κ3) is 4.80. The molecule has 0 bridgehead atoms. The van der Waals surface area contributed by atoms with Gasteiger partial charge >= 0.3 is 0 Å². The Labute approximate surface area is 188 Å². The number of hydrogen-bond acceptors (Lipinski definition) is 5. The maximum absolute atomic E-state index is 12.9. The zero-order valence-corrected chi connectivity index (χ0v) is 19.3. The van der Waals surface area contributed by atoms with Crippen LogP contribution >= 0.6 is 11.3 Å². The number of primary amides is 1. The van der Waals surface area contributed by atoms with Gasteiger partial charge in [0.05, 0.1) is 11.6 Å². The third-order valence-electron chi connectivity index (χ3n) is 7.13. The zero-order valence-electron chi connectivity index (χ0n) is 18.5. The van der Waals surface area contributed by atoms with Crippen molar-refractivity contribution in [2.45, 2.75) is 70.8 Å². The first kappa shape index (κ1) is 22.3. The van der Waals surface area contributed by atoms with Crippen LogP contribution in [0.1, 0.15) is 72.7 Å². The van der Waals surface area contributed by atoms with Gasteiger partial charge in [-0.25, -0.2) is 0 Å². The number of amides is 3. The van der Waals surface area contributed by atoms with Crippen molar-refractivity contribution in [1.82, 2.24) is 9.80 Å². The molecule has 3 aliphatic rings. The summed E-state index contributed by atoms with van der Waals surface area (Å²) in [5.74, 6) is -0.195. The fourth-order valence-corrected chi connectivity index (χ4v) is 6.52. The standard InChI is InChI=1S/C23H34N4O3S/c1-15(21(29)25-22-19(20(24)28)17-7-6-8-18(17)31-22)26-13-9-16(10-14-26)23(30)27-11-4-2-3-5-12-27/h15-16H,2-14H2,1H3,(H2,24,28)(H,25,29)/t15-/m0/s1. The number of nitrogens with two attached hydrogens (primary N) is 1. The Kier molecular flexibility index (Phi) is 6.96. The van der Waals surface area contributed by atoms with Crippen molar-refractivity contribution in [2.24, 2.45) is 11.7 Å². The van der Waals surface area contributed by atoms with Crippen molar-refractivity contribution in [1.29, 1.82) is 0 Å². The molecule has 4 rings (SSSR count). The Morgan fingerprint density at radius 2 is 1.68 bits per heavy atom. The molecule has 1 aromatic heterocycles. The number of carbonyl (C=O) groups excluding carboxylic acids is 3. The van der Waals surface area contributed by atoms with E-state index in [0.29, 0.717) is 16.5 Å². The van der Waals surface area contributed by atoms with Crippen molar-refractivity contribution in [2.75, 3.05) is 31.5 Å². The van der Waals surface area contributed by atoms with Gasteiger partial charge in [-0.15, -0.1) is 11.3 Å². The molecule has 0 aromatic carbocycles. The topological polar surface area (TPSA) is 95.7 Å². The van der Waals surface area contributed by atoms with Crippen molar-refractivity contribution < 1.29 is 14.4 Å². The summed E-state index contributed by atoms with van der Waals surface area (Å²) in [5.41, 5.74) is 7.13. The Bertz CT molecular complexity index is 836. The molecule has 1 aliphatic carbocycles. The lowest BCUT2D eigenvalue weighted by Gasteiger charge is -2.36. The van der Waals surface area contributed by atoms with Crippen LogP contribution < -0.4 is 11.1 Å². The molecule has 2 saturated heterocycles. The highest BCUT2D eigenvalue weighted by Crippen LogP contribution is 2.39. The average Bonchev–Trinajstić information content (AvgIpc) is 3.22. The van der Waals surface area contributed by atoms with Crippen LogP contribution in [0.2, 0.25) is 0 Å².